The van der Waals surface area contributed by atoms with Crippen LogP contribution >= 0.6 is 0 Å². The monoisotopic (exact) mass is 346 g/mol. The van der Waals surface area contributed by atoms with Gasteiger partial charge in [0.25, 0.3) is 0 Å². The van der Waals surface area contributed by atoms with Crippen molar-refractivity contribution in [3.63, 3.8) is 0 Å². The van der Waals surface area contributed by atoms with E-state index in [9.17, 15) is 36.3 Å². The van der Waals surface area contributed by atoms with Gasteiger partial charge in [-0.15, -0.1) is 0 Å². The van der Waals surface area contributed by atoms with Crippen molar-refractivity contribution >= 4 is 17.3 Å². The topological polar surface area (TPSA) is 76.8 Å². The van der Waals surface area contributed by atoms with Gasteiger partial charge in [0.1, 0.15) is 0 Å². The van der Waals surface area contributed by atoms with Crippen molar-refractivity contribution in [1.29, 1.82) is 0 Å². The molecule has 0 radical (unpaired) electrons. The predicted molar refractivity (Wildman–Crippen MR) is 65.7 cm³/mol. The van der Waals surface area contributed by atoms with Gasteiger partial charge in [0, 0.05) is 17.8 Å². The van der Waals surface area contributed by atoms with Gasteiger partial charge in [-0.3, -0.25) is 4.79 Å². The average molecular weight is 346 g/mol. The first-order valence-electron chi connectivity index (χ1n) is 6.15. The Kier molecular flexibility index (Phi) is 5.29. The highest BCUT2D eigenvalue weighted by Gasteiger charge is 2.74. The minimum absolute atomic E-state index is 0.239. The molecule has 0 fully saturated rings. The van der Waals surface area contributed by atoms with E-state index in [1.54, 1.807) is 5.32 Å². The lowest BCUT2D eigenvalue weighted by Gasteiger charge is -2.34. The average Bonchev–Trinajstić information content (AvgIpc) is 2.37. The molecule has 0 aliphatic rings. The van der Waals surface area contributed by atoms with E-state index in [2.05, 4.69) is 0 Å². The zero-order chi connectivity index (χ0) is 18.1. The van der Waals surface area contributed by atoms with Crippen molar-refractivity contribution in [2.45, 2.75) is 25.7 Å². The van der Waals surface area contributed by atoms with Gasteiger partial charge in [0.15, 0.2) is 5.69 Å². The van der Waals surface area contributed by atoms with E-state index in [1.165, 1.54) is 0 Å². The fourth-order valence-electron chi connectivity index (χ4n) is 1.91. The SMILES string of the molecule is CCC(C(=O)Nc1ccc([NH+]([O-])O)cc1)(C(F)(F)F)C(F)(F)F. The number of carbonyl (C=O) groups is 1. The molecule has 0 saturated heterocycles. The Morgan fingerprint density at radius 2 is 1.57 bits per heavy atom. The minimum atomic E-state index is -5.84. The molecule has 130 valence electrons. The first-order chi connectivity index (χ1) is 10.4. The molecule has 1 rings (SSSR count). The fraction of sp³-hybridized carbons (Fsp3) is 0.417. The lowest BCUT2D eigenvalue weighted by molar-refractivity contribution is -0.991. The van der Waals surface area contributed by atoms with Gasteiger partial charge in [-0.1, -0.05) is 6.92 Å². The third kappa shape index (κ3) is 3.57. The van der Waals surface area contributed by atoms with E-state index < -0.39 is 35.3 Å². The van der Waals surface area contributed by atoms with Crippen LogP contribution in [-0.4, -0.2) is 23.5 Å². The summed E-state index contributed by atoms with van der Waals surface area (Å²) in [6.45, 7) is 0.605. The summed E-state index contributed by atoms with van der Waals surface area (Å²) in [5.74, 6) is -2.27. The summed E-state index contributed by atoms with van der Waals surface area (Å²) in [6.07, 6.45) is -13.2. The summed E-state index contributed by atoms with van der Waals surface area (Å²) in [5, 5.41) is 19.5. The number of anilines is 1. The van der Waals surface area contributed by atoms with Gasteiger partial charge < -0.3 is 10.5 Å². The van der Waals surface area contributed by atoms with Crippen LogP contribution in [0.25, 0.3) is 0 Å². The number of halogens is 6. The van der Waals surface area contributed by atoms with E-state index in [0.29, 0.717) is 6.92 Å². The zero-order valence-electron chi connectivity index (χ0n) is 11.5. The predicted octanol–water partition coefficient (Wildman–Crippen LogP) is 2.55. The van der Waals surface area contributed by atoms with Crippen LogP contribution in [0.15, 0.2) is 24.3 Å². The van der Waals surface area contributed by atoms with E-state index in [1.807, 2.05) is 0 Å². The summed E-state index contributed by atoms with van der Waals surface area (Å²) >= 11 is 0. The number of alkyl halides is 6. The number of amides is 1. The van der Waals surface area contributed by atoms with Crippen LogP contribution in [0.4, 0.5) is 37.7 Å². The van der Waals surface area contributed by atoms with Crippen LogP contribution in [-0.2, 0) is 4.79 Å². The summed E-state index contributed by atoms with van der Waals surface area (Å²) < 4.78 is 77.6. The molecule has 0 bridgehead atoms. The van der Waals surface area contributed by atoms with E-state index in [0.717, 1.165) is 24.3 Å². The Morgan fingerprint density at radius 3 is 1.87 bits per heavy atom. The Balaban J connectivity index is 3.17. The van der Waals surface area contributed by atoms with Crippen molar-refractivity contribution in [3.8, 4) is 0 Å². The normalized spacial score (nSPS) is 14.5. The molecular weight excluding hydrogens is 334 g/mol. The van der Waals surface area contributed by atoms with Crippen molar-refractivity contribution in [2.75, 3.05) is 5.32 Å². The van der Waals surface area contributed by atoms with E-state index in [4.69, 9.17) is 5.21 Å². The first-order valence-corrected chi connectivity index (χ1v) is 6.15. The summed E-state index contributed by atoms with van der Waals surface area (Å²) in [4.78, 5) is 11.7. The summed E-state index contributed by atoms with van der Waals surface area (Å²) in [7, 11) is 0. The highest BCUT2D eigenvalue weighted by atomic mass is 19.4. The maximum absolute atomic E-state index is 12.9. The smallest absolute Gasteiger partial charge is 0.412 e. The molecular formula is C12H12F6N2O3. The van der Waals surface area contributed by atoms with Crippen molar-refractivity contribution < 1.29 is 41.6 Å². The molecule has 23 heavy (non-hydrogen) atoms. The molecule has 1 unspecified atom stereocenters. The molecule has 3 N–H and O–H groups in total. The van der Waals surface area contributed by atoms with Crippen LogP contribution in [0.5, 0.6) is 0 Å². The van der Waals surface area contributed by atoms with Crippen LogP contribution in [0, 0.1) is 10.6 Å². The number of hydrogen-bond donors (Lipinski definition) is 3. The molecule has 0 heterocycles. The lowest BCUT2D eigenvalue weighted by Crippen LogP contribution is -2.99. The number of carbonyl (C=O) groups excluding carboxylic acids is 1. The maximum Gasteiger partial charge on any atom is 0.412 e. The number of quaternary nitrogens is 1. The standard InChI is InChI=1S/C12H12F6N2O3/c1-2-10(11(13,14)15,12(16,17)18)9(21)19-7-3-5-8(6-4-7)20(22)23/h3-6,20,22H,2H2,1H3,(H,19,21). The van der Waals surface area contributed by atoms with E-state index >= 15 is 0 Å². The van der Waals surface area contributed by atoms with Gasteiger partial charge in [-0.05, 0) is 18.6 Å². The molecule has 0 aromatic heterocycles. The van der Waals surface area contributed by atoms with Crippen LogP contribution in [0.3, 0.4) is 0 Å². The molecule has 1 amide bonds. The Morgan fingerprint density at radius 1 is 1.13 bits per heavy atom. The molecule has 1 aromatic carbocycles. The summed E-state index contributed by atoms with van der Waals surface area (Å²) in [5.41, 5.74) is -5.17. The Labute approximate surface area is 126 Å². The second-order valence-corrected chi connectivity index (χ2v) is 4.59. The molecule has 1 atom stereocenters. The molecule has 0 aliphatic heterocycles. The molecule has 11 heteroatoms. The molecule has 0 spiro atoms. The maximum atomic E-state index is 12.9. The van der Waals surface area contributed by atoms with Gasteiger partial charge in [-0.25, -0.2) is 5.21 Å². The van der Waals surface area contributed by atoms with E-state index in [-0.39, 0.29) is 11.4 Å². The van der Waals surface area contributed by atoms with Crippen molar-refractivity contribution in [1.82, 2.24) is 0 Å². The Bertz CT molecular complexity index is 539. The largest absolute Gasteiger partial charge is 0.595 e. The third-order valence-electron chi connectivity index (χ3n) is 3.28. The fourth-order valence-corrected chi connectivity index (χ4v) is 1.91. The number of nitrogens with one attached hydrogen (secondary N) is 2. The minimum Gasteiger partial charge on any atom is -0.595 e. The van der Waals surface area contributed by atoms with Crippen LogP contribution in [0.2, 0.25) is 0 Å². The van der Waals surface area contributed by atoms with Gasteiger partial charge in [-0.2, -0.15) is 31.6 Å². The quantitative estimate of drug-likeness (QED) is 0.579. The molecule has 1 aromatic rings. The van der Waals surface area contributed by atoms with Crippen molar-refractivity contribution in [2.24, 2.45) is 5.41 Å². The van der Waals surface area contributed by atoms with Gasteiger partial charge in [0.2, 0.25) is 11.3 Å². The second kappa shape index (κ2) is 6.34. The van der Waals surface area contributed by atoms with Gasteiger partial charge >= 0.3 is 12.4 Å². The van der Waals surface area contributed by atoms with Crippen LogP contribution < -0.4 is 10.5 Å². The molecule has 0 saturated carbocycles. The third-order valence-corrected chi connectivity index (χ3v) is 3.28. The number of rotatable bonds is 4. The number of hydrogen-bond acceptors (Lipinski definition) is 3. The zero-order valence-corrected chi connectivity index (χ0v) is 11.5. The molecule has 5 nitrogen and oxygen atoms in total. The lowest BCUT2D eigenvalue weighted by atomic mass is 9.82. The summed E-state index contributed by atoms with van der Waals surface area (Å²) in [6, 6.07) is 3.67. The second-order valence-electron chi connectivity index (χ2n) is 4.59. The van der Waals surface area contributed by atoms with Crippen molar-refractivity contribution in [3.05, 3.63) is 29.5 Å². The Hall–Kier alpha value is -1.85. The highest BCUT2D eigenvalue weighted by Crippen LogP contribution is 2.53. The van der Waals surface area contributed by atoms with Crippen LogP contribution in [0.1, 0.15) is 13.3 Å². The number of benzene rings is 1. The molecule has 0 aliphatic carbocycles. The van der Waals surface area contributed by atoms with Gasteiger partial charge in [0.05, 0.1) is 0 Å². The first kappa shape index (κ1) is 19.2. The highest BCUT2D eigenvalue weighted by molar-refractivity contribution is 5.96.